The van der Waals surface area contributed by atoms with Crippen molar-refractivity contribution in [1.29, 1.82) is 0 Å². The van der Waals surface area contributed by atoms with Gasteiger partial charge < -0.3 is 0 Å². The minimum atomic E-state index is 0.447. The first-order valence-electron chi connectivity index (χ1n) is 4.83. The molecule has 0 aliphatic carbocycles. The highest BCUT2D eigenvalue weighted by atomic mass is 35.5. The normalized spacial score (nSPS) is 11.3. The SMILES string of the molecule is CC(C)c1ccc(Cl)c2cnc(Cl)cc12. The number of pyridine rings is 1. The first-order valence-corrected chi connectivity index (χ1v) is 5.59. The van der Waals surface area contributed by atoms with Crippen molar-refractivity contribution in [3.8, 4) is 0 Å². The maximum Gasteiger partial charge on any atom is 0.129 e. The summed E-state index contributed by atoms with van der Waals surface area (Å²) in [4.78, 5) is 4.05. The molecular formula is C12H11Cl2N. The number of nitrogens with zero attached hydrogens (tertiary/aromatic N) is 1. The van der Waals surface area contributed by atoms with Gasteiger partial charge in [-0.25, -0.2) is 4.98 Å². The third kappa shape index (κ3) is 1.95. The summed E-state index contributed by atoms with van der Waals surface area (Å²) in [6, 6.07) is 5.83. The Morgan fingerprint density at radius 3 is 2.53 bits per heavy atom. The zero-order valence-corrected chi connectivity index (χ0v) is 10.1. The lowest BCUT2D eigenvalue weighted by Gasteiger charge is -2.10. The van der Waals surface area contributed by atoms with Gasteiger partial charge in [-0.2, -0.15) is 0 Å². The molecule has 0 aliphatic heterocycles. The summed E-state index contributed by atoms with van der Waals surface area (Å²) in [7, 11) is 0. The maximum atomic E-state index is 6.10. The highest BCUT2D eigenvalue weighted by Crippen LogP contribution is 2.31. The summed E-state index contributed by atoms with van der Waals surface area (Å²) in [5.41, 5.74) is 1.25. The van der Waals surface area contributed by atoms with Gasteiger partial charge in [-0.1, -0.05) is 43.1 Å². The summed E-state index contributed by atoms with van der Waals surface area (Å²) in [5, 5.41) is 3.29. The van der Waals surface area contributed by atoms with E-state index in [9.17, 15) is 0 Å². The van der Waals surface area contributed by atoms with E-state index in [0.29, 0.717) is 11.1 Å². The Kier molecular flexibility index (Phi) is 2.85. The van der Waals surface area contributed by atoms with Crippen LogP contribution in [0.3, 0.4) is 0 Å². The molecule has 2 aromatic rings. The van der Waals surface area contributed by atoms with Crippen molar-refractivity contribution in [3.63, 3.8) is 0 Å². The standard InChI is InChI=1S/C12H11Cl2N/c1-7(2)8-3-4-11(13)10-6-15-12(14)5-9(8)10/h3-7H,1-2H3. The molecule has 2 rings (SSSR count). The second kappa shape index (κ2) is 3.99. The number of halogens is 2. The van der Waals surface area contributed by atoms with E-state index in [-0.39, 0.29) is 0 Å². The van der Waals surface area contributed by atoms with Crippen LogP contribution in [0.15, 0.2) is 24.4 Å². The molecule has 0 saturated heterocycles. The van der Waals surface area contributed by atoms with Crippen LogP contribution >= 0.6 is 23.2 Å². The maximum absolute atomic E-state index is 6.10. The molecule has 0 N–H and O–H groups in total. The fourth-order valence-electron chi connectivity index (χ4n) is 1.70. The first kappa shape index (κ1) is 10.7. The van der Waals surface area contributed by atoms with Crippen LogP contribution < -0.4 is 0 Å². The molecule has 1 nitrogen and oxygen atoms in total. The predicted octanol–water partition coefficient (Wildman–Crippen LogP) is 4.67. The van der Waals surface area contributed by atoms with Crippen LogP contribution in [0.5, 0.6) is 0 Å². The Labute approximate surface area is 99.0 Å². The van der Waals surface area contributed by atoms with E-state index in [1.54, 1.807) is 6.20 Å². The molecule has 0 unspecified atom stereocenters. The molecule has 1 aromatic carbocycles. The Hall–Kier alpha value is -0.790. The molecule has 0 radical (unpaired) electrons. The molecule has 0 saturated carbocycles. The largest absolute Gasteiger partial charge is 0.244 e. The van der Waals surface area contributed by atoms with E-state index >= 15 is 0 Å². The number of hydrogen-bond acceptors (Lipinski definition) is 1. The summed E-state index contributed by atoms with van der Waals surface area (Å²) in [6.45, 7) is 4.30. The fraction of sp³-hybridized carbons (Fsp3) is 0.250. The monoisotopic (exact) mass is 239 g/mol. The second-order valence-electron chi connectivity index (χ2n) is 3.84. The minimum absolute atomic E-state index is 0.447. The summed E-state index contributed by atoms with van der Waals surface area (Å²) >= 11 is 12.0. The van der Waals surface area contributed by atoms with Crippen LogP contribution in [0, 0.1) is 0 Å². The highest BCUT2D eigenvalue weighted by molar-refractivity contribution is 6.36. The lowest BCUT2D eigenvalue weighted by atomic mass is 9.97. The van der Waals surface area contributed by atoms with Gasteiger partial charge in [-0.05, 0) is 29.0 Å². The first-order chi connectivity index (χ1) is 7.09. The number of fused-ring (bicyclic) bond motifs is 1. The Morgan fingerprint density at radius 2 is 1.87 bits per heavy atom. The molecule has 0 aliphatic rings. The highest BCUT2D eigenvalue weighted by Gasteiger charge is 2.08. The van der Waals surface area contributed by atoms with Crippen molar-refractivity contribution in [2.24, 2.45) is 0 Å². The van der Waals surface area contributed by atoms with Crippen LogP contribution in [0.2, 0.25) is 10.2 Å². The van der Waals surface area contributed by atoms with Gasteiger partial charge in [-0.15, -0.1) is 0 Å². The number of benzene rings is 1. The molecule has 0 fully saturated rings. The van der Waals surface area contributed by atoms with Gasteiger partial charge in [0.1, 0.15) is 5.15 Å². The molecule has 0 amide bonds. The molecule has 15 heavy (non-hydrogen) atoms. The summed E-state index contributed by atoms with van der Waals surface area (Å²) < 4.78 is 0. The van der Waals surface area contributed by atoms with E-state index in [1.165, 1.54) is 5.56 Å². The van der Waals surface area contributed by atoms with Crippen molar-refractivity contribution < 1.29 is 0 Å². The third-order valence-corrected chi connectivity index (χ3v) is 3.01. The van der Waals surface area contributed by atoms with Crippen molar-refractivity contribution in [1.82, 2.24) is 4.98 Å². The predicted molar refractivity (Wildman–Crippen MR) is 65.9 cm³/mol. The van der Waals surface area contributed by atoms with E-state index in [2.05, 4.69) is 18.8 Å². The van der Waals surface area contributed by atoms with Crippen molar-refractivity contribution in [2.45, 2.75) is 19.8 Å². The number of aromatic nitrogens is 1. The molecule has 0 atom stereocenters. The van der Waals surface area contributed by atoms with Crippen LogP contribution in [-0.4, -0.2) is 4.98 Å². The molecule has 1 aromatic heterocycles. The molecular weight excluding hydrogens is 229 g/mol. The van der Waals surface area contributed by atoms with Gasteiger partial charge in [0.2, 0.25) is 0 Å². The van der Waals surface area contributed by atoms with Gasteiger partial charge >= 0.3 is 0 Å². The molecule has 3 heteroatoms. The van der Waals surface area contributed by atoms with Crippen LogP contribution in [0.25, 0.3) is 10.8 Å². The van der Waals surface area contributed by atoms with Gasteiger partial charge in [0.05, 0.1) is 0 Å². The fourth-order valence-corrected chi connectivity index (χ4v) is 2.08. The van der Waals surface area contributed by atoms with E-state index in [0.717, 1.165) is 15.8 Å². The van der Waals surface area contributed by atoms with Crippen LogP contribution in [-0.2, 0) is 0 Å². The summed E-state index contributed by atoms with van der Waals surface area (Å²) in [5.74, 6) is 0.447. The topological polar surface area (TPSA) is 12.9 Å². The van der Waals surface area contributed by atoms with E-state index < -0.39 is 0 Å². The van der Waals surface area contributed by atoms with Crippen molar-refractivity contribution >= 4 is 34.0 Å². The second-order valence-corrected chi connectivity index (χ2v) is 4.64. The zero-order valence-electron chi connectivity index (χ0n) is 8.59. The molecule has 0 spiro atoms. The number of hydrogen-bond donors (Lipinski definition) is 0. The van der Waals surface area contributed by atoms with Gasteiger partial charge in [0.15, 0.2) is 0 Å². The minimum Gasteiger partial charge on any atom is -0.244 e. The van der Waals surface area contributed by atoms with E-state index in [1.807, 2.05) is 18.2 Å². The Morgan fingerprint density at radius 1 is 1.13 bits per heavy atom. The average Bonchev–Trinajstić information content (AvgIpc) is 2.17. The summed E-state index contributed by atoms with van der Waals surface area (Å²) in [6.07, 6.45) is 1.73. The molecule has 78 valence electrons. The Bertz CT molecular complexity index is 506. The van der Waals surface area contributed by atoms with Gasteiger partial charge in [0, 0.05) is 16.6 Å². The zero-order chi connectivity index (χ0) is 11.0. The van der Waals surface area contributed by atoms with Crippen LogP contribution in [0.4, 0.5) is 0 Å². The van der Waals surface area contributed by atoms with E-state index in [4.69, 9.17) is 23.2 Å². The quantitative estimate of drug-likeness (QED) is 0.660. The molecule has 1 heterocycles. The molecule has 0 bridgehead atoms. The number of rotatable bonds is 1. The average molecular weight is 240 g/mol. The third-order valence-electron chi connectivity index (χ3n) is 2.47. The van der Waals surface area contributed by atoms with Gasteiger partial charge in [-0.3, -0.25) is 0 Å². The lowest BCUT2D eigenvalue weighted by molar-refractivity contribution is 0.876. The van der Waals surface area contributed by atoms with Crippen molar-refractivity contribution in [3.05, 3.63) is 40.1 Å². The smallest absolute Gasteiger partial charge is 0.129 e. The van der Waals surface area contributed by atoms with Crippen molar-refractivity contribution in [2.75, 3.05) is 0 Å². The lowest BCUT2D eigenvalue weighted by Crippen LogP contribution is -1.90. The van der Waals surface area contributed by atoms with Gasteiger partial charge in [0.25, 0.3) is 0 Å². The Balaban J connectivity index is 2.84. The van der Waals surface area contributed by atoms with Crippen LogP contribution in [0.1, 0.15) is 25.3 Å².